The smallest absolute Gasteiger partial charge is 0.242 e. The fraction of sp³-hybridized carbons (Fsp3) is 0.583. The normalized spacial score (nSPS) is 15.7. The maximum Gasteiger partial charge on any atom is 0.242 e. The van der Waals surface area contributed by atoms with Crippen molar-refractivity contribution in [1.82, 2.24) is 15.3 Å². The zero-order chi connectivity index (χ0) is 13.8. The van der Waals surface area contributed by atoms with E-state index in [1.54, 1.807) is 6.92 Å². The summed E-state index contributed by atoms with van der Waals surface area (Å²) in [5.41, 5.74) is 0. The third-order valence-corrected chi connectivity index (χ3v) is 3.03. The molecule has 1 amide bonds. The molecule has 6 nitrogen and oxygen atoms in total. The lowest BCUT2D eigenvalue weighted by Gasteiger charge is -2.15. The zero-order valence-electron chi connectivity index (χ0n) is 11.0. The van der Waals surface area contributed by atoms with Gasteiger partial charge in [0.15, 0.2) is 5.82 Å². The summed E-state index contributed by atoms with van der Waals surface area (Å²) in [6, 6.07) is -0.0441. The van der Waals surface area contributed by atoms with E-state index >= 15 is 0 Å². The van der Waals surface area contributed by atoms with Crippen molar-refractivity contribution < 1.29 is 4.79 Å². The lowest BCUT2D eigenvalue weighted by Crippen LogP contribution is -2.39. The van der Waals surface area contributed by atoms with Gasteiger partial charge >= 0.3 is 0 Å². The van der Waals surface area contributed by atoms with Gasteiger partial charge in [0.1, 0.15) is 11.1 Å². The molecule has 0 bridgehead atoms. The van der Waals surface area contributed by atoms with Crippen molar-refractivity contribution in [3.05, 3.63) is 11.2 Å². The van der Waals surface area contributed by atoms with Gasteiger partial charge in [0, 0.05) is 12.6 Å². The van der Waals surface area contributed by atoms with E-state index in [2.05, 4.69) is 25.9 Å². The Morgan fingerprint density at radius 3 is 2.95 bits per heavy atom. The van der Waals surface area contributed by atoms with E-state index in [-0.39, 0.29) is 11.9 Å². The van der Waals surface area contributed by atoms with Crippen molar-refractivity contribution in [2.45, 2.75) is 38.8 Å². The average Bonchev–Trinajstić information content (AvgIpc) is 3.17. The number of nitrogens with one attached hydrogen (secondary N) is 3. The second-order valence-corrected chi connectivity index (χ2v) is 4.98. The second-order valence-electron chi connectivity index (χ2n) is 4.57. The van der Waals surface area contributed by atoms with Crippen LogP contribution in [-0.4, -0.2) is 34.5 Å². The van der Waals surface area contributed by atoms with Crippen LogP contribution in [-0.2, 0) is 4.79 Å². The number of carbonyl (C=O) groups excluding carboxylic acids is 1. The van der Waals surface area contributed by atoms with Gasteiger partial charge in [-0.2, -0.15) is 4.98 Å². The Kier molecular flexibility index (Phi) is 4.42. The minimum absolute atomic E-state index is 0.0396. The number of hydrogen-bond donors (Lipinski definition) is 3. The number of amides is 1. The van der Waals surface area contributed by atoms with Crippen molar-refractivity contribution in [1.29, 1.82) is 0 Å². The van der Waals surface area contributed by atoms with Gasteiger partial charge in [0.25, 0.3) is 0 Å². The van der Waals surface area contributed by atoms with Gasteiger partial charge < -0.3 is 16.0 Å². The van der Waals surface area contributed by atoms with Crippen LogP contribution >= 0.6 is 11.6 Å². The molecule has 1 aromatic rings. The maximum atomic E-state index is 11.8. The maximum absolute atomic E-state index is 11.8. The van der Waals surface area contributed by atoms with E-state index in [4.69, 9.17) is 11.6 Å². The van der Waals surface area contributed by atoms with Crippen molar-refractivity contribution in [3.63, 3.8) is 0 Å². The largest absolute Gasteiger partial charge is 0.357 e. The molecule has 1 unspecified atom stereocenters. The van der Waals surface area contributed by atoms with Crippen molar-refractivity contribution >= 4 is 29.3 Å². The molecule has 1 saturated carbocycles. The van der Waals surface area contributed by atoms with Crippen molar-refractivity contribution in [2.75, 3.05) is 17.2 Å². The van der Waals surface area contributed by atoms with Gasteiger partial charge in [-0.25, -0.2) is 4.98 Å². The highest BCUT2D eigenvalue weighted by molar-refractivity contribution is 6.32. The third kappa shape index (κ3) is 3.96. The van der Waals surface area contributed by atoms with E-state index in [1.165, 1.54) is 6.20 Å². The van der Waals surface area contributed by atoms with Gasteiger partial charge in [-0.05, 0) is 26.7 Å². The Labute approximate surface area is 117 Å². The molecule has 1 heterocycles. The SMILES string of the molecule is CCNc1ncc(Cl)c(NC(C)C(=O)NC2CC2)n1. The van der Waals surface area contributed by atoms with Crippen LogP contribution in [0.2, 0.25) is 5.02 Å². The van der Waals surface area contributed by atoms with Crippen LogP contribution in [0.25, 0.3) is 0 Å². The minimum atomic E-state index is -0.387. The molecule has 1 fully saturated rings. The fourth-order valence-corrected chi connectivity index (χ4v) is 1.68. The molecule has 1 aliphatic carbocycles. The topological polar surface area (TPSA) is 78.9 Å². The van der Waals surface area contributed by atoms with Crippen LogP contribution in [0, 0.1) is 0 Å². The molecule has 1 atom stereocenters. The van der Waals surface area contributed by atoms with E-state index in [0.29, 0.717) is 22.8 Å². The number of rotatable bonds is 6. The van der Waals surface area contributed by atoms with Gasteiger partial charge in [0.05, 0.1) is 6.20 Å². The monoisotopic (exact) mass is 283 g/mol. The molecule has 1 aromatic heterocycles. The van der Waals surface area contributed by atoms with Crippen LogP contribution in [0.1, 0.15) is 26.7 Å². The zero-order valence-corrected chi connectivity index (χ0v) is 11.8. The number of anilines is 2. The Bertz CT molecular complexity index is 463. The standard InChI is InChI=1S/C12H18ClN5O/c1-3-14-12-15-6-9(13)10(18-12)16-7(2)11(19)17-8-4-5-8/h6-8H,3-5H2,1-2H3,(H,17,19)(H2,14,15,16,18). The lowest BCUT2D eigenvalue weighted by atomic mass is 10.3. The minimum Gasteiger partial charge on any atom is -0.357 e. The van der Waals surface area contributed by atoms with E-state index in [9.17, 15) is 4.79 Å². The molecule has 0 saturated heterocycles. The quantitative estimate of drug-likeness (QED) is 0.740. The fourth-order valence-electron chi connectivity index (χ4n) is 1.54. The number of halogens is 1. The van der Waals surface area contributed by atoms with E-state index in [0.717, 1.165) is 19.4 Å². The Morgan fingerprint density at radius 1 is 1.58 bits per heavy atom. The van der Waals surface area contributed by atoms with Crippen LogP contribution in [0.15, 0.2) is 6.20 Å². The van der Waals surface area contributed by atoms with Gasteiger partial charge in [-0.1, -0.05) is 11.6 Å². The van der Waals surface area contributed by atoms with Gasteiger partial charge in [-0.3, -0.25) is 4.79 Å². The van der Waals surface area contributed by atoms with Crippen LogP contribution in [0.3, 0.4) is 0 Å². The molecule has 3 N–H and O–H groups in total. The van der Waals surface area contributed by atoms with Crippen LogP contribution in [0.4, 0.5) is 11.8 Å². The summed E-state index contributed by atoms with van der Waals surface area (Å²) in [5.74, 6) is 0.914. The molecule has 0 radical (unpaired) electrons. The summed E-state index contributed by atoms with van der Waals surface area (Å²) in [6.45, 7) is 4.46. The molecule has 104 valence electrons. The molecule has 0 spiro atoms. The number of hydrogen-bond acceptors (Lipinski definition) is 5. The molecular weight excluding hydrogens is 266 g/mol. The highest BCUT2D eigenvalue weighted by atomic mass is 35.5. The second kappa shape index (κ2) is 6.06. The molecule has 7 heteroatoms. The number of nitrogens with zero attached hydrogens (tertiary/aromatic N) is 2. The third-order valence-electron chi connectivity index (χ3n) is 2.75. The predicted molar refractivity (Wildman–Crippen MR) is 75.5 cm³/mol. The van der Waals surface area contributed by atoms with Crippen LogP contribution in [0.5, 0.6) is 0 Å². The molecule has 0 aliphatic heterocycles. The molecular formula is C12H18ClN5O. The van der Waals surface area contributed by atoms with Crippen molar-refractivity contribution in [3.8, 4) is 0 Å². The Hall–Kier alpha value is -1.56. The van der Waals surface area contributed by atoms with E-state index in [1.807, 2.05) is 6.92 Å². The predicted octanol–water partition coefficient (Wildman–Crippen LogP) is 1.64. The number of aromatic nitrogens is 2. The summed E-state index contributed by atoms with van der Waals surface area (Å²) >= 11 is 6.02. The number of carbonyl (C=O) groups is 1. The molecule has 19 heavy (non-hydrogen) atoms. The summed E-state index contributed by atoms with van der Waals surface area (Å²) < 4.78 is 0. The van der Waals surface area contributed by atoms with Gasteiger partial charge in [-0.15, -0.1) is 0 Å². The molecule has 2 rings (SSSR count). The summed E-state index contributed by atoms with van der Waals surface area (Å²) in [7, 11) is 0. The first-order valence-electron chi connectivity index (χ1n) is 6.43. The average molecular weight is 284 g/mol. The summed E-state index contributed by atoms with van der Waals surface area (Å²) in [5, 5.41) is 9.33. The van der Waals surface area contributed by atoms with Crippen LogP contribution < -0.4 is 16.0 Å². The first kappa shape index (κ1) is 13.9. The first-order chi connectivity index (χ1) is 9.10. The summed E-state index contributed by atoms with van der Waals surface area (Å²) in [6.07, 6.45) is 3.65. The lowest BCUT2D eigenvalue weighted by molar-refractivity contribution is -0.121. The van der Waals surface area contributed by atoms with E-state index < -0.39 is 0 Å². The first-order valence-corrected chi connectivity index (χ1v) is 6.81. The highest BCUT2D eigenvalue weighted by Crippen LogP contribution is 2.21. The molecule has 0 aromatic carbocycles. The van der Waals surface area contributed by atoms with Crippen molar-refractivity contribution in [2.24, 2.45) is 0 Å². The Morgan fingerprint density at radius 2 is 2.32 bits per heavy atom. The Balaban J connectivity index is 1.99. The van der Waals surface area contributed by atoms with Gasteiger partial charge in [0.2, 0.25) is 11.9 Å². The molecule has 1 aliphatic rings. The summed E-state index contributed by atoms with van der Waals surface area (Å²) in [4.78, 5) is 20.1. The highest BCUT2D eigenvalue weighted by Gasteiger charge is 2.26.